The summed E-state index contributed by atoms with van der Waals surface area (Å²) >= 11 is 0. The number of aromatic nitrogens is 4. The Labute approximate surface area is 208 Å². The minimum atomic E-state index is -0.916. The van der Waals surface area contributed by atoms with Crippen LogP contribution in [-0.2, 0) is 11.3 Å². The number of aliphatic hydroxyl groups is 1. The van der Waals surface area contributed by atoms with Crippen LogP contribution in [0.5, 0.6) is 0 Å². The van der Waals surface area contributed by atoms with Gasteiger partial charge in [-0.05, 0) is 37.6 Å². The zero-order valence-corrected chi connectivity index (χ0v) is 20.1. The molecule has 3 N–H and O–H groups in total. The molecular weight excluding hydrogens is 458 g/mol. The predicted molar refractivity (Wildman–Crippen MR) is 135 cm³/mol. The number of fused-ring (bicyclic) bond motifs is 2. The third kappa shape index (κ3) is 3.94. The average molecular weight is 486 g/mol. The third-order valence-electron chi connectivity index (χ3n) is 6.79. The molecule has 0 spiro atoms. The number of imidazole rings is 1. The topological polar surface area (TPSA) is 117 Å². The van der Waals surface area contributed by atoms with Gasteiger partial charge < -0.3 is 25.4 Å². The Morgan fingerprint density at radius 2 is 2.06 bits per heavy atom. The van der Waals surface area contributed by atoms with Crippen molar-refractivity contribution in [2.75, 3.05) is 29.9 Å². The summed E-state index contributed by atoms with van der Waals surface area (Å²) in [6, 6.07) is 7.80. The Morgan fingerprint density at radius 1 is 1.17 bits per heavy atom. The van der Waals surface area contributed by atoms with E-state index >= 15 is 0 Å². The smallest absolute Gasteiger partial charge is 0.254 e. The normalized spacial score (nSPS) is 17.8. The van der Waals surface area contributed by atoms with Crippen LogP contribution in [0.4, 0.5) is 17.2 Å². The van der Waals surface area contributed by atoms with Crippen molar-refractivity contribution in [3.05, 3.63) is 66.4 Å². The number of nitrogens with one attached hydrogen (secondary N) is 2. The van der Waals surface area contributed by atoms with Crippen molar-refractivity contribution in [1.82, 2.24) is 24.7 Å². The van der Waals surface area contributed by atoms with Crippen LogP contribution in [0, 0.1) is 0 Å². The largest absolute Gasteiger partial charge is 0.388 e. The summed E-state index contributed by atoms with van der Waals surface area (Å²) in [7, 11) is 0. The molecule has 3 aromatic heterocycles. The van der Waals surface area contributed by atoms with Crippen LogP contribution < -0.4 is 15.5 Å². The highest BCUT2D eigenvalue weighted by Gasteiger charge is 2.33. The molecule has 10 heteroatoms. The minimum Gasteiger partial charge on any atom is -0.388 e. The number of hydrogen-bond donors (Lipinski definition) is 3. The van der Waals surface area contributed by atoms with E-state index in [1.165, 1.54) is 0 Å². The molecule has 0 aliphatic carbocycles. The average Bonchev–Trinajstić information content (AvgIpc) is 3.49. The molecule has 0 bridgehead atoms. The van der Waals surface area contributed by atoms with Gasteiger partial charge in [-0.1, -0.05) is 6.07 Å². The summed E-state index contributed by atoms with van der Waals surface area (Å²) in [6.45, 7) is 5.84. The number of hydrogen-bond acceptors (Lipinski definition) is 8. The molecule has 0 saturated carbocycles. The quantitative estimate of drug-likeness (QED) is 0.395. The van der Waals surface area contributed by atoms with E-state index in [1.807, 2.05) is 34.9 Å². The number of benzene rings is 1. The number of nitrogens with zero attached hydrogens (tertiary/aromatic N) is 5. The molecule has 1 atom stereocenters. The lowest BCUT2D eigenvalue weighted by molar-refractivity contribution is -0.0928. The number of amides is 1. The van der Waals surface area contributed by atoms with Gasteiger partial charge in [0.05, 0.1) is 53.4 Å². The number of rotatable bonds is 5. The van der Waals surface area contributed by atoms with Crippen LogP contribution in [0.3, 0.4) is 0 Å². The van der Waals surface area contributed by atoms with Crippen molar-refractivity contribution in [1.29, 1.82) is 0 Å². The Balaban J connectivity index is 1.27. The van der Waals surface area contributed by atoms with Gasteiger partial charge in [0.25, 0.3) is 5.91 Å². The van der Waals surface area contributed by atoms with Crippen molar-refractivity contribution in [3.8, 4) is 11.3 Å². The molecule has 5 heterocycles. The maximum atomic E-state index is 12.8. The molecule has 6 rings (SSSR count). The molecule has 36 heavy (non-hydrogen) atoms. The van der Waals surface area contributed by atoms with Crippen LogP contribution in [0.2, 0.25) is 0 Å². The lowest BCUT2D eigenvalue weighted by atomic mass is 9.99. The molecule has 4 aromatic rings. The van der Waals surface area contributed by atoms with E-state index in [1.54, 1.807) is 38.6 Å². The van der Waals surface area contributed by atoms with E-state index in [2.05, 4.69) is 30.5 Å². The van der Waals surface area contributed by atoms with Gasteiger partial charge in [0.1, 0.15) is 11.9 Å². The summed E-state index contributed by atoms with van der Waals surface area (Å²) in [6.07, 6.45) is 8.62. The summed E-state index contributed by atoms with van der Waals surface area (Å²) in [5, 5.41) is 16.6. The first kappa shape index (κ1) is 22.4. The Bertz CT molecular complexity index is 1440. The summed E-state index contributed by atoms with van der Waals surface area (Å²) in [4.78, 5) is 28.1. The zero-order chi connectivity index (χ0) is 24.9. The van der Waals surface area contributed by atoms with Crippen LogP contribution in [0.1, 0.15) is 29.8 Å². The Morgan fingerprint density at radius 3 is 2.86 bits per heavy atom. The Hall–Kier alpha value is -4.02. The highest BCUT2D eigenvalue weighted by molar-refractivity contribution is 6.06. The number of carbonyl (C=O) groups excluding carboxylic acids is 1. The lowest BCUT2D eigenvalue weighted by Crippen LogP contribution is -2.52. The van der Waals surface area contributed by atoms with E-state index in [-0.39, 0.29) is 12.0 Å². The predicted octanol–water partition coefficient (Wildman–Crippen LogP) is 2.75. The molecule has 1 fully saturated rings. The number of pyridine rings is 1. The molecule has 0 radical (unpaired) electrons. The molecule has 184 valence electrons. The van der Waals surface area contributed by atoms with Gasteiger partial charge in [-0.25, -0.2) is 9.97 Å². The summed E-state index contributed by atoms with van der Waals surface area (Å²) in [5.41, 5.74) is 4.88. The molecule has 1 amide bonds. The monoisotopic (exact) mass is 485 g/mol. The van der Waals surface area contributed by atoms with E-state index in [9.17, 15) is 9.90 Å². The molecule has 1 saturated heterocycles. The van der Waals surface area contributed by atoms with Crippen molar-refractivity contribution in [3.63, 3.8) is 0 Å². The van der Waals surface area contributed by atoms with Gasteiger partial charge >= 0.3 is 0 Å². The molecule has 2 aliphatic heterocycles. The second-order valence-electron chi connectivity index (χ2n) is 9.63. The van der Waals surface area contributed by atoms with E-state index < -0.39 is 5.60 Å². The fraction of sp³-hybridized carbons (Fsp3) is 0.308. The summed E-state index contributed by atoms with van der Waals surface area (Å²) in [5.74, 6) is 0.522. The van der Waals surface area contributed by atoms with Crippen molar-refractivity contribution >= 4 is 28.7 Å². The fourth-order valence-electron chi connectivity index (χ4n) is 4.83. The van der Waals surface area contributed by atoms with Crippen LogP contribution in [0.25, 0.3) is 16.9 Å². The van der Waals surface area contributed by atoms with Crippen LogP contribution >= 0.6 is 0 Å². The number of carbonyl (C=O) groups is 1. The molecule has 10 nitrogen and oxygen atoms in total. The van der Waals surface area contributed by atoms with Gasteiger partial charge in [-0.3, -0.25) is 14.2 Å². The van der Waals surface area contributed by atoms with E-state index in [0.29, 0.717) is 36.8 Å². The van der Waals surface area contributed by atoms with Gasteiger partial charge in [0.15, 0.2) is 5.65 Å². The standard InChI is InChI=1S/C26H27N7O3/c1-26(2,35)21-15-32(9-10-36-21)16-3-6-22(28-11-16)31-19-5-4-17(18-12-30-25(34)24(18)19)20-13-29-23-14-27-7-8-33(20)23/h3-8,11,13-14,21,35H,9-10,12,15H2,1-2H3,(H,28,31)(H,30,34)/t21-/m0/s1. The van der Waals surface area contributed by atoms with Crippen molar-refractivity contribution in [2.24, 2.45) is 0 Å². The first-order chi connectivity index (χ1) is 17.4. The second-order valence-corrected chi connectivity index (χ2v) is 9.63. The first-order valence-electron chi connectivity index (χ1n) is 11.9. The Kier molecular flexibility index (Phi) is 5.35. The van der Waals surface area contributed by atoms with Gasteiger partial charge in [-0.2, -0.15) is 0 Å². The second kappa shape index (κ2) is 8.58. The third-order valence-corrected chi connectivity index (χ3v) is 6.79. The minimum absolute atomic E-state index is 0.118. The van der Waals surface area contributed by atoms with Gasteiger partial charge in [0.2, 0.25) is 0 Å². The first-order valence-corrected chi connectivity index (χ1v) is 11.9. The lowest BCUT2D eigenvalue weighted by Gasteiger charge is -2.39. The highest BCUT2D eigenvalue weighted by atomic mass is 16.5. The maximum absolute atomic E-state index is 12.8. The molecule has 2 aliphatic rings. The molecule has 1 aromatic carbocycles. The molecular formula is C26H27N7O3. The maximum Gasteiger partial charge on any atom is 0.254 e. The molecule has 0 unspecified atom stereocenters. The fourth-order valence-corrected chi connectivity index (χ4v) is 4.83. The van der Waals surface area contributed by atoms with Crippen molar-refractivity contribution < 1.29 is 14.6 Å². The highest BCUT2D eigenvalue weighted by Crippen LogP contribution is 2.35. The number of morpholine rings is 1. The van der Waals surface area contributed by atoms with Gasteiger partial charge in [-0.15, -0.1) is 0 Å². The van der Waals surface area contributed by atoms with Crippen LogP contribution in [-0.4, -0.2) is 61.8 Å². The zero-order valence-electron chi connectivity index (χ0n) is 20.1. The van der Waals surface area contributed by atoms with Crippen LogP contribution in [0.15, 0.2) is 55.2 Å². The summed E-state index contributed by atoms with van der Waals surface area (Å²) < 4.78 is 7.70. The number of anilines is 3. The SMILES string of the molecule is CC(C)(O)[C@@H]1CN(c2ccc(Nc3ccc(-c4cnc5cnccn45)c4c3C(=O)NC4)nc2)CCO1. The van der Waals surface area contributed by atoms with E-state index in [4.69, 9.17) is 4.74 Å². The van der Waals surface area contributed by atoms with Gasteiger partial charge in [0, 0.05) is 37.6 Å². The van der Waals surface area contributed by atoms with E-state index in [0.717, 1.165) is 34.7 Å². The number of ether oxygens (including phenoxy) is 1. The van der Waals surface area contributed by atoms with Crippen molar-refractivity contribution in [2.45, 2.75) is 32.1 Å².